The lowest BCUT2D eigenvalue weighted by molar-refractivity contribution is 0.361. The Morgan fingerprint density at radius 1 is 1.35 bits per heavy atom. The average Bonchev–Trinajstić information content (AvgIpc) is 2.78. The van der Waals surface area contributed by atoms with Gasteiger partial charge < -0.3 is 10.6 Å². The summed E-state index contributed by atoms with van der Waals surface area (Å²) in [4.78, 5) is 3.12. The van der Waals surface area contributed by atoms with Gasteiger partial charge in [0.1, 0.15) is 0 Å². The molecule has 94 valence electrons. The third-order valence-corrected chi connectivity index (χ3v) is 4.92. The molecule has 0 aromatic heterocycles. The van der Waals surface area contributed by atoms with Crippen LogP contribution in [0, 0.1) is 0 Å². The highest BCUT2D eigenvalue weighted by Gasteiger charge is 2.14. The van der Waals surface area contributed by atoms with Crippen LogP contribution in [0.15, 0.2) is 27.6 Å². The molecular weight excluding hydrogens is 300 g/mol. The molecule has 0 amide bonds. The summed E-state index contributed by atoms with van der Waals surface area (Å²) in [7, 11) is -0.987. The van der Waals surface area contributed by atoms with Gasteiger partial charge in [0.2, 0.25) is 0 Å². The fraction of sp³-hybridized carbons (Fsp3) is 0.500. The van der Waals surface area contributed by atoms with Crippen LogP contribution in [0.2, 0.25) is 0 Å². The van der Waals surface area contributed by atoms with Crippen LogP contribution >= 0.6 is 15.9 Å². The monoisotopic (exact) mass is 316 g/mol. The Kier molecular flexibility index (Phi) is 4.59. The van der Waals surface area contributed by atoms with Crippen molar-refractivity contribution < 1.29 is 4.21 Å². The lowest BCUT2D eigenvalue weighted by Crippen LogP contribution is -2.24. The normalized spacial score (nSPS) is 18.4. The summed E-state index contributed by atoms with van der Waals surface area (Å²) in [5.41, 5.74) is 6.48. The van der Waals surface area contributed by atoms with Crippen molar-refractivity contribution in [3.05, 3.63) is 22.7 Å². The van der Waals surface area contributed by atoms with Crippen molar-refractivity contribution in [3.8, 4) is 0 Å². The molecule has 0 spiro atoms. The van der Waals surface area contributed by atoms with Crippen molar-refractivity contribution in [2.75, 3.05) is 31.1 Å². The van der Waals surface area contributed by atoms with Crippen LogP contribution < -0.4 is 5.73 Å². The summed E-state index contributed by atoms with van der Waals surface area (Å²) in [5, 5.41) is 0. The molecule has 1 aromatic carbocycles. The topological polar surface area (TPSA) is 46.3 Å². The zero-order valence-electron chi connectivity index (χ0n) is 9.69. The van der Waals surface area contributed by atoms with E-state index in [0.717, 1.165) is 29.0 Å². The third kappa shape index (κ3) is 3.53. The van der Waals surface area contributed by atoms with Crippen LogP contribution in [-0.2, 0) is 10.8 Å². The molecule has 0 aliphatic carbocycles. The Balaban J connectivity index is 1.94. The van der Waals surface area contributed by atoms with Gasteiger partial charge in [0.15, 0.2) is 0 Å². The molecule has 17 heavy (non-hydrogen) atoms. The zero-order chi connectivity index (χ0) is 12.3. The first kappa shape index (κ1) is 13.1. The average molecular weight is 317 g/mol. The van der Waals surface area contributed by atoms with Gasteiger partial charge in [0, 0.05) is 22.5 Å². The van der Waals surface area contributed by atoms with Crippen molar-refractivity contribution >= 4 is 32.4 Å². The SMILES string of the molecule is Nc1cc(Br)ccc1S(=O)CCN1CCCC1. The molecule has 1 aromatic rings. The van der Waals surface area contributed by atoms with Crippen LogP contribution in [0.1, 0.15) is 12.8 Å². The van der Waals surface area contributed by atoms with Crippen molar-refractivity contribution in [1.82, 2.24) is 4.90 Å². The molecule has 0 saturated carbocycles. The van der Waals surface area contributed by atoms with E-state index >= 15 is 0 Å². The summed E-state index contributed by atoms with van der Waals surface area (Å²) in [5.74, 6) is 0.672. The maximum Gasteiger partial charge on any atom is 0.0618 e. The van der Waals surface area contributed by atoms with Crippen LogP contribution in [0.5, 0.6) is 0 Å². The number of hydrogen-bond acceptors (Lipinski definition) is 3. The molecule has 5 heteroatoms. The molecule has 1 aliphatic rings. The summed E-state index contributed by atoms with van der Waals surface area (Å²) >= 11 is 3.35. The van der Waals surface area contributed by atoms with Gasteiger partial charge >= 0.3 is 0 Å². The number of nitrogens with zero attached hydrogens (tertiary/aromatic N) is 1. The van der Waals surface area contributed by atoms with Gasteiger partial charge in [0.25, 0.3) is 0 Å². The molecule has 0 radical (unpaired) electrons. The molecule has 1 unspecified atom stereocenters. The molecule has 3 nitrogen and oxygen atoms in total. The largest absolute Gasteiger partial charge is 0.398 e. The first-order chi connectivity index (χ1) is 8.16. The van der Waals surface area contributed by atoms with Gasteiger partial charge in [-0.1, -0.05) is 15.9 Å². The van der Waals surface area contributed by atoms with Crippen molar-refractivity contribution in [2.45, 2.75) is 17.7 Å². The number of hydrogen-bond donors (Lipinski definition) is 1. The Labute approximate surface area is 113 Å². The van der Waals surface area contributed by atoms with Crippen LogP contribution in [0.4, 0.5) is 5.69 Å². The maximum absolute atomic E-state index is 12.1. The Hall–Kier alpha value is -0.390. The molecule has 1 fully saturated rings. The first-order valence-corrected chi connectivity index (χ1v) is 7.94. The molecule has 1 atom stereocenters. The van der Waals surface area contributed by atoms with E-state index in [2.05, 4.69) is 20.8 Å². The second-order valence-electron chi connectivity index (χ2n) is 4.28. The first-order valence-electron chi connectivity index (χ1n) is 5.82. The molecule has 1 saturated heterocycles. The number of likely N-dealkylation sites (tertiary alicyclic amines) is 1. The summed E-state index contributed by atoms with van der Waals surface area (Å²) in [6.45, 7) is 3.20. The van der Waals surface area contributed by atoms with Crippen LogP contribution in [0.3, 0.4) is 0 Å². The van der Waals surface area contributed by atoms with Gasteiger partial charge in [-0.25, -0.2) is 0 Å². The van der Waals surface area contributed by atoms with Crippen LogP contribution in [0.25, 0.3) is 0 Å². The molecular formula is C12H17BrN2OS. The van der Waals surface area contributed by atoms with E-state index < -0.39 is 10.8 Å². The maximum atomic E-state index is 12.1. The van der Waals surface area contributed by atoms with E-state index in [1.807, 2.05) is 18.2 Å². The molecule has 1 heterocycles. The highest BCUT2D eigenvalue weighted by molar-refractivity contribution is 9.10. The highest BCUT2D eigenvalue weighted by Crippen LogP contribution is 2.21. The highest BCUT2D eigenvalue weighted by atomic mass is 79.9. The fourth-order valence-electron chi connectivity index (χ4n) is 2.05. The molecule has 2 rings (SSSR count). The number of nitrogens with two attached hydrogens (primary N) is 1. The zero-order valence-corrected chi connectivity index (χ0v) is 12.1. The Morgan fingerprint density at radius 2 is 2.06 bits per heavy atom. The second kappa shape index (κ2) is 5.98. The smallest absolute Gasteiger partial charge is 0.0618 e. The van der Waals surface area contributed by atoms with Gasteiger partial charge in [-0.3, -0.25) is 4.21 Å². The number of nitrogen functional groups attached to an aromatic ring is 1. The minimum absolute atomic E-state index is 0.610. The van der Waals surface area contributed by atoms with Crippen molar-refractivity contribution in [1.29, 1.82) is 0 Å². The summed E-state index contributed by atoms with van der Waals surface area (Å²) in [6, 6.07) is 5.54. The van der Waals surface area contributed by atoms with E-state index in [1.165, 1.54) is 12.8 Å². The second-order valence-corrected chi connectivity index (χ2v) is 6.74. The van der Waals surface area contributed by atoms with Crippen molar-refractivity contribution in [2.24, 2.45) is 0 Å². The van der Waals surface area contributed by atoms with E-state index in [-0.39, 0.29) is 0 Å². The standard InChI is InChI=1S/C12H17BrN2OS/c13-10-3-4-12(11(14)9-10)17(16)8-7-15-5-1-2-6-15/h3-4,9H,1-2,5-8,14H2. The number of halogens is 1. The molecule has 2 N–H and O–H groups in total. The minimum atomic E-state index is -0.987. The minimum Gasteiger partial charge on any atom is -0.398 e. The lowest BCUT2D eigenvalue weighted by Gasteiger charge is -2.14. The molecule has 0 bridgehead atoms. The fourth-order valence-corrected chi connectivity index (χ4v) is 3.62. The number of benzene rings is 1. The van der Waals surface area contributed by atoms with Crippen molar-refractivity contribution in [3.63, 3.8) is 0 Å². The third-order valence-electron chi connectivity index (χ3n) is 3.01. The predicted octanol–water partition coefficient (Wildman–Crippen LogP) is 2.23. The van der Waals surface area contributed by atoms with Gasteiger partial charge in [-0.15, -0.1) is 0 Å². The number of rotatable bonds is 4. The van der Waals surface area contributed by atoms with Gasteiger partial charge in [0.05, 0.1) is 15.7 Å². The number of anilines is 1. The molecule has 1 aliphatic heterocycles. The van der Waals surface area contributed by atoms with Crippen LogP contribution in [-0.4, -0.2) is 34.5 Å². The Bertz CT molecular complexity index is 419. The summed E-state index contributed by atoms with van der Waals surface area (Å²) < 4.78 is 13.0. The quantitative estimate of drug-likeness (QED) is 0.866. The van der Waals surface area contributed by atoms with Gasteiger partial charge in [-0.2, -0.15) is 0 Å². The van der Waals surface area contributed by atoms with E-state index in [0.29, 0.717) is 11.4 Å². The van der Waals surface area contributed by atoms with E-state index in [9.17, 15) is 4.21 Å². The predicted molar refractivity (Wildman–Crippen MR) is 75.5 cm³/mol. The van der Waals surface area contributed by atoms with E-state index in [4.69, 9.17) is 5.73 Å². The van der Waals surface area contributed by atoms with Gasteiger partial charge in [-0.05, 0) is 44.1 Å². The summed E-state index contributed by atoms with van der Waals surface area (Å²) in [6.07, 6.45) is 2.54. The lowest BCUT2D eigenvalue weighted by atomic mass is 10.3. The Morgan fingerprint density at radius 3 is 2.71 bits per heavy atom. The van der Waals surface area contributed by atoms with E-state index in [1.54, 1.807) is 0 Å².